The van der Waals surface area contributed by atoms with E-state index in [0.29, 0.717) is 17.1 Å². The van der Waals surface area contributed by atoms with Crippen LogP contribution < -0.4 is 5.32 Å². The summed E-state index contributed by atoms with van der Waals surface area (Å²) in [4.78, 5) is 0. The van der Waals surface area contributed by atoms with E-state index in [0.717, 1.165) is 15.6 Å². The van der Waals surface area contributed by atoms with E-state index < -0.39 is 0 Å². The number of hydrogen-bond acceptors (Lipinski definition) is 1. The molecule has 1 unspecified atom stereocenters. The highest BCUT2D eigenvalue weighted by molar-refractivity contribution is 9.10. The Bertz CT molecular complexity index is 615. The van der Waals surface area contributed by atoms with E-state index in [2.05, 4.69) is 21.2 Å². The highest BCUT2D eigenvalue weighted by Crippen LogP contribution is 2.23. The van der Waals surface area contributed by atoms with Crippen LogP contribution in [0.2, 0.25) is 5.02 Å². The van der Waals surface area contributed by atoms with Crippen LogP contribution in [0.15, 0.2) is 40.9 Å². The second-order valence-electron chi connectivity index (χ2n) is 4.86. The molecule has 4 heteroatoms. The van der Waals surface area contributed by atoms with E-state index in [9.17, 15) is 4.39 Å². The predicted molar refractivity (Wildman–Crippen MR) is 85.5 cm³/mol. The molecule has 1 N–H and O–H groups in total. The summed E-state index contributed by atoms with van der Waals surface area (Å²) in [7, 11) is 0. The third-order valence-electron chi connectivity index (χ3n) is 3.29. The smallest absolute Gasteiger partial charge is 0.126 e. The van der Waals surface area contributed by atoms with Gasteiger partial charge in [0.1, 0.15) is 5.82 Å². The van der Waals surface area contributed by atoms with Gasteiger partial charge >= 0.3 is 0 Å². The van der Waals surface area contributed by atoms with Crippen molar-refractivity contribution in [2.45, 2.75) is 26.4 Å². The Labute approximate surface area is 132 Å². The number of aryl methyl sites for hydroxylation is 1. The predicted octanol–water partition coefficient (Wildman–Crippen LogP) is 5.40. The molecule has 1 atom stereocenters. The first-order valence-electron chi connectivity index (χ1n) is 6.40. The summed E-state index contributed by atoms with van der Waals surface area (Å²) < 4.78 is 14.4. The maximum atomic E-state index is 13.5. The molecule has 0 aromatic heterocycles. The molecule has 0 saturated carbocycles. The third kappa shape index (κ3) is 3.81. The van der Waals surface area contributed by atoms with Crippen molar-refractivity contribution in [3.05, 3.63) is 68.4 Å². The molecule has 0 aliphatic carbocycles. The molecule has 20 heavy (non-hydrogen) atoms. The van der Waals surface area contributed by atoms with Crippen molar-refractivity contribution >= 4 is 27.5 Å². The normalized spacial score (nSPS) is 12.4. The maximum absolute atomic E-state index is 13.5. The minimum atomic E-state index is -0.164. The summed E-state index contributed by atoms with van der Waals surface area (Å²) >= 11 is 9.43. The van der Waals surface area contributed by atoms with Gasteiger partial charge in [-0.25, -0.2) is 4.39 Å². The zero-order valence-corrected chi connectivity index (χ0v) is 13.7. The molecule has 0 saturated heterocycles. The first-order chi connectivity index (χ1) is 9.47. The van der Waals surface area contributed by atoms with Gasteiger partial charge in [-0.3, -0.25) is 0 Å². The lowest BCUT2D eigenvalue weighted by Gasteiger charge is -2.15. The Balaban J connectivity index is 2.02. The molecule has 0 aliphatic heterocycles. The van der Waals surface area contributed by atoms with Crippen molar-refractivity contribution in [1.29, 1.82) is 0 Å². The fourth-order valence-corrected chi connectivity index (χ4v) is 2.37. The van der Waals surface area contributed by atoms with Crippen LogP contribution in [0.25, 0.3) is 0 Å². The molecular weight excluding hydrogens is 341 g/mol. The van der Waals surface area contributed by atoms with Crippen molar-refractivity contribution in [3.63, 3.8) is 0 Å². The number of hydrogen-bond donors (Lipinski definition) is 1. The largest absolute Gasteiger partial charge is 0.306 e. The Morgan fingerprint density at radius 3 is 2.65 bits per heavy atom. The Hall–Kier alpha value is -0.900. The molecule has 0 aliphatic rings. The van der Waals surface area contributed by atoms with Crippen LogP contribution in [0.3, 0.4) is 0 Å². The van der Waals surface area contributed by atoms with Gasteiger partial charge in [-0.15, -0.1) is 0 Å². The molecule has 0 amide bonds. The van der Waals surface area contributed by atoms with Gasteiger partial charge in [0.15, 0.2) is 0 Å². The molecule has 0 bridgehead atoms. The monoisotopic (exact) mass is 355 g/mol. The molecule has 0 fully saturated rings. The third-order valence-corrected chi connectivity index (χ3v) is 4.52. The highest BCUT2D eigenvalue weighted by atomic mass is 79.9. The van der Waals surface area contributed by atoms with Crippen molar-refractivity contribution < 1.29 is 4.39 Å². The highest BCUT2D eigenvalue weighted by Gasteiger charge is 2.08. The molecule has 106 valence electrons. The second kappa shape index (κ2) is 6.70. The topological polar surface area (TPSA) is 12.0 Å². The van der Waals surface area contributed by atoms with Crippen molar-refractivity contribution in [2.24, 2.45) is 0 Å². The molecule has 0 heterocycles. The SMILES string of the molecule is Cc1ccc(C(C)NCc2ccc(Br)c(Cl)c2)cc1F. The average molecular weight is 357 g/mol. The summed E-state index contributed by atoms with van der Waals surface area (Å²) in [6.07, 6.45) is 0. The average Bonchev–Trinajstić information content (AvgIpc) is 2.43. The first-order valence-corrected chi connectivity index (χ1v) is 7.58. The first kappa shape index (κ1) is 15.5. The molecule has 2 aromatic rings. The van der Waals surface area contributed by atoms with Gasteiger partial charge in [0.2, 0.25) is 0 Å². The van der Waals surface area contributed by atoms with Crippen LogP contribution >= 0.6 is 27.5 Å². The fourth-order valence-electron chi connectivity index (χ4n) is 1.92. The Morgan fingerprint density at radius 1 is 1.25 bits per heavy atom. The van der Waals surface area contributed by atoms with Crippen LogP contribution in [-0.4, -0.2) is 0 Å². The van der Waals surface area contributed by atoms with E-state index in [1.807, 2.05) is 31.2 Å². The van der Waals surface area contributed by atoms with Crippen LogP contribution in [0, 0.1) is 12.7 Å². The van der Waals surface area contributed by atoms with Crippen molar-refractivity contribution in [1.82, 2.24) is 5.32 Å². The van der Waals surface area contributed by atoms with Gasteiger partial charge in [-0.1, -0.05) is 29.8 Å². The summed E-state index contributed by atoms with van der Waals surface area (Å²) in [5.41, 5.74) is 2.70. The number of benzene rings is 2. The van der Waals surface area contributed by atoms with Gasteiger partial charge in [-0.2, -0.15) is 0 Å². The summed E-state index contributed by atoms with van der Waals surface area (Å²) in [5.74, 6) is -0.164. The van der Waals surface area contributed by atoms with Crippen LogP contribution in [0.4, 0.5) is 4.39 Å². The minimum Gasteiger partial charge on any atom is -0.306 e. The lowest BCUT2D eigenvalue weighted by atomic mass is 10.1. The number of rotatable bonds is 4. The van der Waals surface area contributed by atoms with E-state index in [1.54, 1.807) is 19.1 Å². The summed E-state index contributed by atoms with van der Waals surface area (Å²) in [5, 5.41) is 4.06. The molecule has 2 aromatic carbocycles. The van der Waals surface area contributed by atoms with Gasteiger partial charge < -0.3 is 5.32 Å². The standard InChI is InChI=1S/C16H16BrClFN/c1-10-3-5-13(8-16(10)19)11(2)20-9-12-4-6-14(17)15(18)7-12/h3-8,11,20H,9H2,1-2H3. The van der Waals surface area contributed by atoms with E-state index in [4.69, 9.17) is 11.6 Å². The lowest BCUT2D eigenvalue weighted by Crippen LogP contribution is -2.18. The van der Waals surface area contributed by atoms with Crippen molar-refractivity contribution in [2.75, 3.05) is 0 Å². The van der Waals surface area contributed by atoms with E-state index in [1.165, 1.54) is 0 Å². The zero-order chi connectivity index (χ0) is 14.7. The Kier molecular flexibility index (Phi) is 5.19. The van der Waals surface area contributed by atoms with Gasteiger partial charge in [0.05, 0.1) is 5.02 Å². The van der Waals surface area contributed by atoms with E-state index in [-0.39, 0.29) is 11.9 Å². The van der Waals surface area contributed by atoms with Gasteiger partial charge in [-0.05, 0) is 64.7 Å². The Morgan fingerprint density at radius 2 is 2.00 bits per heavy atom. The molecular formula is C16H16BrClFN. The van der Waals surface area contributed by atoms with Crippen LogP contribution in [-0.2, 0) is 6.54 Å². The lowest BCUT2D eigenvalue weighted by molar-refractivity contribution is 0.563. The number of halogens is 3. The van der Waals surface area contributed by atoms with E-state index >= 15 is 0 Å². The molecule has 1 nitrogen and oxygen atoms in total. The van der Waals surface area contributed by atoms with Gasteiger partial charge in [0.25, 0.3) is 0 Å². The molecule has 0 spiro atoms. The number of nitrogens with one attached hydrogen (secondary N) is 1. The minimum absolute atomic E-state index is 0.0764. The summed E-state index contributed by atoms with van der Waals surface area (Å²) in [6, 6.07) is 11.3. The maximum Gasteiger partial charge on any atom is 0.126 e. The van der Waals surface area contributed by atoms with Crippen LogP contribution in [0.5, 0.6) is 0 Å². The second-order valence-corrected chi connectivity index (χ2v) is 6.12. The molecule has 0 radical (unpaired) electrons. The molecule has 2 rings (SSSR count). The van der Waals surface area contributed by atoms with Crippen LogP contribution in [0.1, 0.15) is 29.7 Å². The van der Waals surface area contributed by atoms with Crippen molar-refractivity contribution in [3.8, 4) is 0 Å². The fraction of sp³-hybridized carbons (Fsp3) is 0.250. The van der Waals surface area contributed by atoms with Gasteiger partial charge in [0, 0.05) is 17.1 Å². The summed E-state index contributed by atoms with van der Waals surface area (Å²) in [6.45, 7) is 4.47. The zero-order valence-electron chi connectivity index (χ0n) is 11.4. The quantitative estimate of drug-likeness (QED) is 0.773.